The van der Waals surface area contributed by atoms with E-state index in [0.717, 1.165) is 16.5 Å². The molecule has 0 aliphatic heterocycles. The van der Waals surface area contributed by atoms with Crippen LogP contribution in [0.25, 0.3) is 10.9 Å². The highest BCUT2D eigenvalue weighted by molar-refractivity contribution is 5.84. The lowest BCUT2D eigenvalue weighted by atomic mass is 10.1. The standard InChI is InChI=1S/C14H18N2O2/c1-9(2)18-14(17)12(15)7-10-8-16-13-6-4-3-5-11(10)13/h3-6,8-9,12,16H,7,15H2,1-2H3/p+1. The van der Waals surface area contributed by atoms with Crippen LogP contribution in [0.1, 0.15) is 19.4 Å². The SMILES string of the molecule is CC(C)OC(=O)C([NH3+])Cc1c[nH]c2ccccc12. The summed E-state index contributed by atoms with van der Waals surface area (Å²) in [7, 11) is 0. The Bertz CT molecular complexity index is 545. The summed E-state index contributed by atoms with van der Waals surface area (Å²) in [5, 5.41) is 1.14. The number of aromatic amines is 1. The van der Waals surface area contributed by atoms with E-state index in [9.17, 15) is 4.79 Å². The van der Waals surface area contributed by atoms with E-state index >= 15 is 0 Å². The van der Waals surface area contributed by atoms with Crippen LogP contribution in [0.5, 0.6) is 0 Å². The van der Waals surface area contributed by atoms with Gasteiger partial charge in [-0.25, -0.2) is 4.79 Å². The number of hydrogen-bond donors (Lipinski definition) is 2. The van der Waals surface area contributed by atoms with Gasteiger partial charge in [0.2, 0.25) is 0 Å². The van der Waals surface area contributed by atoms with E-state index in [4.69, 9.17) is 4.74 Å². The minimum absolute atomic E-state index is 0.0929. The lowest BCUT2D eigenvalue weighted by Crippen LogP contribution is -2.66. The van der Waals surface area contributed by atoms with Gasteiger partial charge in [0.25, 0.3) is 0 Å². The highest BCUT2D eigenvalue weighted by atomic mass is 16.5. The lowest BCUT2D eigenvalue weighted by Gasteiger charge is -2.11. The van der Waals surface area contributed by atoms with Crippen LogP contribution >= 0.6 is 0 Å². The number of ether oxygens (including phenoxy) is 1. The van der Waals surface area contributed by atoms with Crippen molar-refractivity contribution in [3.63, 3.8) is 0 Å². The Labute approximate surface area is 106 Å². The lowest BCUT2D eigenvalue weighted by molar-refractivity contribution is -0.408. The topological polar surface area (TPSA) is 69.7 Å². The fourth-order valence-corrected chi connectivity index (χ4v) is 1.98. The van der Waals surface area contributed by atoms with Crippen LogP contribution in [0.3, 0.4) is 0 Å². The molecule has 1 aromatic carbocycles. The number of aromatic nitrogens is 1. The average Bonchev–Trinajstić information content (AvgIpc) is 2.72. The van der Waals surface area contributed by atoms with Crippen LogP contribution in [-0.4, -0.2) is 23.1 Å². The second kappa shape index (κ2) is 5.23. The molecule has 0 bridgehead atoms. The van der Waals surface area contributed by atoms with Gasteiger partial charge < -0.3 is 15.5 Å². The van der Waals surface area contributed by atoms with Gasteiger partial charge in [0, 0.05) is 23.5 Å². The molecular weight excluding hydrogens is 228 g/mol. The number of benzene rings is 1. The van der Waals surface area contributed by atoms with E-state index in [2.05, 4.69) is 10.7 Å². The maximum atomic E-state index is 11.7. The molecule has 0 fully saturated rings. The zero-order chi connectivity index (χ0) is 13.1. The normalized spacial score (nSPS) is 12.9. The Balaban J connectivity index is 2.11. The Morgan fingerprint density at radius 1 is 1.39 bits per heavy atom. The summed E-state index contributed by atoms with van der Waals surface area (Å²) in [4.78, 5) is 14.9. The third kappa shape index (κ3) is 2.71. The first-order valence-electron chi connectivity index (χ1n) is 6.16. The van der Waals surface area contributed by atoms with Crippen LogP contribution in [0.2, 0.25) is 0 Å². The van der Waals surface area contributed by atoms with Gasteiger partial charge in [-0.3, -0.25) is 0 Å². The van der Waals surface area contributed by atoms with Crippen molar-refractivity contribution in [3.8, 4) is 0 Å². The number of quaternary nitrogens is 1. The maximum absolute atomic E-state index is 11.7. The Kier molecular flexibility index (Phi) is 3.67. The predicted molar refractivity (Wildman–Crippen MR) is 69.9 cm³/mol. The van der Waals surface area contributed by atoms with Crippen LogP contribution in [0, 0.1) is 0 Å². The summed E-state index contributed by atoms with van der Waals surface area (Å²) in [5.74, 6) is -0.240. The van der Waals surface area contributed by atoms with Crippen molar-refractivity contribution >= 4 is 16.9 Å². The number of carbonyl (C=O) groups excluding carboxylic acids is 1. The van der Waals surface area contributed by atoms with Gasteiger partial charge in [0.1, 0.15) is 0 Å². The van der Waals surface area contributed by atoms with Gasteiger partial charge in [-0.2, -0.15) is 0 Å². The zero-order valence-corrected chi connectivity index (χ0v) is 10.8. The zero-order valence-electron chi connectivity index (χ0n) is 10.8. The van der Waals surface area contributed by atoms with Crippen molar-refractivity contribution in [1.29, 1.82) is 0 Å². The number of rotatable bonds is 4. The Morgan fingerprint density at radius 3 is 2.83 bits per heavy atom. The molecule has 0 saturated carbocycles. The molecule has 4 heteroatoms. The first-order valence-corrected chi connectivity index (χ1v) is 6.16. The summed E-state index contributed by atoms with van der Waals surface area (Å²) in [6.07, 6.45) is 2.44. The van der Waals surface area contributed by atoms with Crippen molar-refractivity contribution in [2.24, 2.45) is 0 Å². The van der Waals surface area contributed by atoms with Crippen LogP contribution in [0.4, 0.5) is 0 Å². The molecule has 2 aromatic rings. The van der Waals surface area contributed by atoms with Gasteiger partial charge in [-0.15, -0.1) is 0 Å². The minimum Gasteiger partial charge on any atom is -0.459 e. The molecule has 0 radical (unpaired) electrons. The van der Waals surface area contributed by atoms with Gasteiger partial charge >= 0.3 is 5.97 Å². The number of hydrogen-bond acceptors (Lipinski definition) is 2. The first kappa shape index (κ1) is 12.6. The molecule has 0 aliphatic rings. The van der Waals surface area contributed by atoms with Crippen molar-refractivity contribution in [3.05, 3.63) is 36.0 Å². The van der Waals surface area contributed by atoms with Gasteiger partial charge in [-0.1, -0.05) is 18.2 Å². The molecule has 4 nitrogen and oxygen atoms in total. The van der Waals surface area contributed by atoms with Gasteiger partial charge in [0.05, 0.1) is 6.10 Å². The third-order valence-corrected chi connectivity index (χ3v) is 2.83. The van der Waals surface area contributed by atoms with E-state index < -0.39 is 0 Å². The van der Waals surface area contributed by atoms with E-state index in [0.29, 0.717) is 6.42 Å². The summed E-state index contributed by atoms with van der Waals surface area (Å²) in [5.41, 5.74) is 6.07. The number of esters is 1. The molecule has 2 rings (SSSR count). The smallest absolute Gasteiger partial charge is 0.365 e. The largest absolute Gasteiger partial charge is 0.459 e. The molecule has 1 aromatic heterocycles. The molecule has 4 N–H and O–H groups in total. The molecule has 96 valence electrons. The second-order valence-corrected chi connectivity index (χ2v) is 4.75. The van der Waals surface area contributed by atoms with Crippen LogP contribution in [-0.2, 0) is 16.0 Å². The van der Waals surface area contributed by atoms with E-state index in [-0.39, 0.29) is 18.1 Å². The van der Waals surface area contributed by atoms with Crippen molar-refractivity contribution in [2.45, 2.75) is 32.4 Å². The quantitative estimate of drug-likeness (QED) is 0.799. The molecular formula is C14H19N2O2+. The highest BCUT2D eigenvalue weighted by Crippen LogP contribution is 2.18. The molecule has 0 amide bonds. The number of H-pyrrole nitrogens is 1. The van der Waals surface area contributed by atoms with Crippen molar-refractivity contribution < 1.29 is 15.3 Å². The number of nitrogens with one attached hydrogen (secondary N) is 1. The summed E-state index contributed by atoms with van der Waals surface area (Å²) >= 11 is 0. The van der Waals surface area contributed by atoms with Crippen molar-refractivity contribution in [1.82, 2.24) is 4.98 Å². The van der Waals surface area contributed by atoms with E-state index in [1.807, 2.05) is 44.3 Å². The number of para-hydroxylation sites is 1. The Morgan fingerprint density at radius 2 is 2.11 bits per heavy atom. The summed E-state index contributed by atoms with van der Waals surface area (Å²) < 4.78 is 5.16. The molecule has 1 unspecified atom stereocenters. The summed E-state index contributed by atoms with van der Waals surface area (Å²) in [6.45, 7) is 3.69. The predicted octanol–water partition coefficient (Wildman–Crippen LogP) is 1.27. The molecule has 0 spiro atoms. The second-order valence-electron chi connectivity index (χ2n) is 4.75. The Hall–Kier alpha value is -1.81. The minimum atomic E-state index is -0.369. The molecule has 1 atom stereocenters. The molecule has 18 heavy (non-hydrogen) atoms. The maximum Gasteiger partial charge on any atom is 0.365 e. The molecule has 1 heterocycles. The fourth-order valence-electron chi connectivity index (χ4n) is 1.98. The fraction of sp³-hybridized carbons (Fsp3) is 0.357. The van der Waals surface area contributed by atoms with E-state index in [1.54, 1.807) is 0 Å². The monoisotopic (exact) mass is 247 g/mol. The summed E-state index contributed by atoms with van der Waals surface area (Å²) in [6, 6.07) is 7.67. The number of carbonyl (C=O) groups is 1. The van der Waals surface area contributed by atoms with Gasteiger partial charge in [0.15, 0.2) is 6.04 Å². The van der Waals surface area contributed by atoms with Crippen LogP contribution in [0.15, 0.2) is 30.5 Å². The highest BCUT2D eigenvalue weighted by Gasteiger charge is 2.21. The first-order chi connectivity index (χ1) is 8.58. The van der Waals surface area contributed by atoms with E-state index in [1.165, 1.54) is 0 Å². The van der Waals surface area contributed by atoms with Crippen molar-refractivity contribution in [2.75, 3.05) is 0 Å². The molecule has 0 saturated heterocycles. The van der Waals surface area contributed by atoms with Crippen LogP contribution < -0.4 is 5.73 Å². The van der Waals surface area contributed by atoms with Gasteiger partial charge in [-0.05, 0) is 25.5 Å². The molecule has 0 aliphatic carbocycles. The average molecular weight is 247 g/mol. The third-order valence-electron chi connectivity index (χ3n) is 2.83. The number of fused-ring (bicyclic) bond motifs is 1.